The number of ether oxygens (including phenoxy) is 1. The van der Waals surface area contributed by atoms with E-state index in [4.69, 9.17) is 4.74 Å². The number of carbonyl (C=O) groups is 2. The Kier molecular flexibility index (Phi) is 5.11. The summed E-state index contributed by atoms with van der Waals surface area (Å²) >= 11 is 0. The molecular formula is C18H18FNO3. The van der Waals surface area contributed by atoms with Crippen molar-refractivity contribution in [3.8, 4) is 0 Å². The largest absolute Gasteiger partial charge is 0.449 e. The molecule has 2 aromatic rings. The lowest BCUT2D eigenvalue weighted by Crippen LogP contribution is -2.30. The molecule has 0 saturated heterocycles. The number of anilines is 1. The van der Waals surface area contributed by atoms with Crippen LogP contribution in [0.15, 0.2) is 42.5 Å². The smallest absolute Gasteiger partial charge is 0.338 e. The number of hydrogen-bond donors (Lipinski definition) is 1. The van der Waals surface area contributed by atoms with Crippen molar-refractivity contribution >= 4 is 17.6 Å². The van der Waals surface area contributed by atoms with Crippen LogP contribution in [0.2, 0.25) is 0 Å². The molecule has 0 aliphatic heterocycles. The normalized spacial score (nSPS) is 11.7. The zero-order valence-electron chi connectivity index (χ0n) is 13.2. The predicted molar refractivity (Wildman–Crippen MR) is 85.8 cm³/mol. The van der Waals surface area contributed by atoms with Gasteiger partial charge in [0.2, 0.25) is 0 Å². The van der Waals surface area contributed by atoms with Gasteiger partial charge >= 0.3 is 5.97 Å². The first-order valence-electron chi connectivity index (χ1n) is 7.22. The second-order valence-electron chi connectivity index (χ2n) is 5.29. The van der Waals surface area contributed by atoms with Gasteiger partial charge in [-0.1, -0.05) is 12.1 Å². The van der Waals surface area contributed by atoms with Crippen LogP contribution in [0, 0.1) is 19.7 Å². The third-order valence-electron chi connectivity index (χ3n) is 3.60. The Balaban J connectivity index is 2.01. The number of aryl methyl sites for hydroxylation is 1. The Labute approximate surface area is 134 Å². The SMILES string of the molecule is Cc1cccc(NC(=O)[C@@H](C)OC(=O)c2ccc(F)cc2)c1C. The third-order valence-corrected chi connectivity index (χ3v) is 3.60. The van der Waals surface area contributed by atoms with Gasteiger partial charge in [-0.15, -0.1) is 0 Å². The second kappa shape index (κ2) is 7.05. The summed E-state index contributed by atoms with van der Waals surface area (Å²) in [7, 11) is 0. The van der Waals surface area contributed by atoms with Crippen molar-refractivity contribution < 1.29 is 18.7 Å². The summed E-state index contributed by atoms with van der Waals surface area (Å²) in [6, 6.07) is 10.5. The van der Waals surface area contributed by atoms with E-state index in [0.29, 0.717) is 5.69 Å². The lowest BCUT2D eigenvalue weighted by Gasteiger charge is -2.15. The molecule has 4 nitrogen and oxygen atoms in total. The van der Waals surface area contributed by atoms with Crippen molar-refractivity contribution in [2.45, 2.75) is 26.9 Å². The number of hydrogen-bond acceptors (Lipinski definition) is 3. The highest BCUT2D eigenvalue weighted by Gasteiger charge is 2.19. The quantitative estimate of drug-likeness (QED) is 0.877. The lowest BCUT2D eigenvalue weighted by molar-refractivity contribution is -0.123. The van der Waals surface area contributed by atoms with Gasteiger partial charge in [0, 0.05) is 5.69 Å². The molecule has 0 aromatic heterocycles. The van der Waals surface area contributed by atoms with Gasteiger partial charge in [-0.2, -0.15) is 0 Å². The molecule has 2 rings (SSSR count). The van der Waals surface area contributed by atoms with Gasteiger partial charge in [0.25, 0.3) is 5.91 Å². The highest BCUT2D eigenvalue weighted by atomic mass is 19.1. The van der Waals surface area contributed by atoms with Crippen LogP contribution in [0.3, 0.4) is 0 Å². The van der Waals surface area contributed by atoms with E-state index in [1.54, 1.807) is 6.07 Å². The van der Waals surface area contributed by atoms with Gasteiger partial charge in [-0.3, -0.25) is 4.79 Å². The van der Waals surface area contributed by atoms with Gasteiger partial charge in [-0.05, 0) is 62.2 Å². The first-order valence-corrected chi connectivity index (χ1v) is 7.22. The number of esters is 1. The Morgan fingerprint density at radius 3 is 2.39 bits per heavy atom. The molecule has 0 spiro atoms. The predicted octanol–water partition coefficient (Wildman–Crippen LogP) is 3.63. The molecule has 1 N–H and O–H groups in total. The zero-order chi connectivity index (χ0) is 17.0. The third kappa shape index (κ3) is 4.16. The molecule has 2 aromatic carbocycles. The van der Waals surface area contributed by atoms with Crippen LogP contribution in [0.5, 0.6) is 0 Å². The minimum atomic E-state index is -0.965. The Bertz CT molecular complexity index is 726. The van der Waals surface area contributed by atoms with Crippen LogP contribution in [0.4, 0.5) is 10.1 Å². The van der Waals surface area contributed by atoms with E-state index < -0.39 is 23.8 Å². The molecule has 0 radical (unpaired) electrons. The summed E-state index contributed by atoms with van der Waals surface area (Å²) < 4.78 is 17.9. The molecule has 120 valence electrons. The topological polar surface area (TPSA) is 55.4 Å². The molecule has 1 amide bonds. The maximum Gasteiger partial charge on any atom is 0.338 e. The van der Waals surface area contributed by atoms with E-state index in [1.807, 2.05) is 26.0 Å². The molecular weight excluding hydrogens is 297 g/mol. The van der Waals surface area contributed by atoms with Crippen molar-refractivity contribution in [3.63, 3.8) is 0 Å². The van der Waals surface area contributed by atoms with Crippen LogP contribution in [0.1, 0.15) is 28.4 Å². The molecule has 23 heavy (non-hydrogen) atoms. The average Bonchev–Trinajstić information content (AvgIpc) is 2.52. The molecule has 5 heteroatoms. The summed E-state index contributed by atoms with van der Waals surface area (Å²) in [5, 5.41) is 2.74. The van der Waals surface area contributed by atoms with Crippen LogP contribution >= 0.6 is 0 Å². The monoisotopic (exact) mass is 315 g/mol. The fourth-order valence-electron chi connectivity index (χ4n) is 1.99. The van der Waals surface area contributed by atoms with Crippen LogP contribution in [0.25, 0.3) is 0 Å². The summed E-state index contributed by atoms with van der Waals surface area (Å²) in [6.45, 7) is 5.34. The summed E-state index contributed by atoms with van der Waals surface area (Å²) in [4.78, 5) is 24.1. The number of benzene rings is 2. The van der Waals surface area contributed by atoms with Gasteiger partial charge in [0.1, 0.15) is 5.82 Å². The molecule has 0 heterocycles. The van der Waals surface area contributed by atoms with Gasteiger partial charge < -0.3 is 10.1 Å². The highest BCUT2D eigenvalue weighted by Crippen LogP contribution is 2.18. The van der Waals surface area contributed by atoms with Crippen molar-refractivity contribution in [2.75, 3.05) is 5.32 Å². The summed E-state index contributed by atoms with van der Waals surface area (Å²) in [6.07, 6.45) is -0.965. The molecule has 0 fully saturated rings. The van der Waals surface area contributed by atoms with E-state index in [9.17, 15) is 14.0 Å². The van der Waals surface area contributed by atoms with Gasteiger partial charge in [-0.25, -0.2) is 9.18 Å². The lowest BCUT2D eigenvalue weighted by atomic mass is 10.1. The summed E-state index contributed by atoms with van der Waals surface area (Å²) in [5.41, 5.74) is 2.88. The number of nitrogens with one attached hydrogen (secondary N) is 1. The number of amides is 1. The average molecular weight is 315 g/mol. The van der Waals surface area contributed by atoms with E-state index in [0.717, 1.165) is 23.3 Å². The minimum Gasteiger partial charge on any atom is -0.449 e. The maximum atomic E-state index is 12.8. The Hall–Kier alpha value is -2.69. The fraction of sp³-hybridized carbons (Fsp3) is 0.222. The number of carbonyl (C=O) groups excluding carboxylic acids is 2. The van der Waals surface area contributed by atoms with Gasteiger partial charge in [0.15, 0.2) is 6.10 Å². The molecule has 0 saturated carbocycles. The van der Waals surface area contributed by atoms with Crippen molar-refractivity contribution in [2.24, 2.45) is 0 Å². The Morgan fingerprint density at radius 1 is 1.09 bits per heavy atom. The summed E-state index contributed by atoms with van der Waals surface area (Å²) in [5.74, 6) is -1.54. The first-order chi connectivity index (χ1) is 10.9. The van der Waals surface area contributed by atoms with Crippen LogP contribution in [-0.4, -0.2) is 18.0 Å². The van der Waals surface area contributed by atoms with Crippen molar-refractivity contribution in [3.05, 3.63) is 65.0 Å². The van der Waals surface area contributed by atoms with E-state index in [2.05, 4.69) is 5.32 Å². The first kappa shape index (κ1) is 16.7. The highest BCUT2D eigenvalue weighted by molar-refractivity contribution is 5.97. The molecule has 0 aliphatic rings. The number of halogens is 1. The molecule has 1 atom stereocenters. The van der Waals surface area contributed by atoms with E-state index in [-0.39, 0.29) is 5.56 Å². The van der Waals surface area contributed by atoms with Gasteiger partial charge in [0.05, 0.1) is 5.56 Å². The molecule has 0 bridgehead atoms. The second-order valence-corrected chi connectivity index (χ2v) is 5.29. The van der Waals surface area contributed by atoms with Crippen molar-refractivity contribution in [1.82, 2.24) is 0 Å². The molecule has 0 aliphatic carbocycles. The van der Waals surface area contributed by atoms with Crippen molar-refractivity contribution in [1.29, 1.82) is 0 Å². The van der Waals surface area contributed by atoms with Crippen LogP contribution < -0.4 is 5.32 Å². The molecule has 0 unspecified atom stereocenters. The Morgan fingerprint density at radius 2 is 1.74 bits per heavy atom. The van der Waals surface area contributed by atoms with Crippen LogP contribution in [-0.2, 0) is 9.53 Å². The standard InChI is InChI=1S/C18H18FNO3/c1-11-5-4-6-16(12(11)2)20-17(21)13(3)23-18(22)14-7-9-15(19)10-8-14/h4-10,13H,1-3H3,(H,20,21)/t13-/m1/s1. The number of rotatable bonds is 4. The van der Waals surface area contributed by atoms with E-state index >= 15 is 0 Å². The minimum absolute atomic E-state index is 0.192. The van der Waals surface area contributed by atoms with E-state index in [1.165, 1.54) is 19.1 Å². The maximum absolute atomic E-state index is 12.8. The fourth-order valence-corrected chi connectivity index (χ4v) is 1.99. The zero-order valence-corrected chi connectivity index (χ0v) is 13.2.